The van der Waals surface area contributed by atoms with Gasteiger partial charge in [-0.05, 0) is 12.1 Å². The molecule has 0 radical (unpaired) electrons. The Balaban J connectivity index is 1.65. The van der Waals surface area contributed by atoms with Crippen molar-refractivity contribution in [3.8, 4) is 0 Å². The van der Waals surface area contributed by atoms with Gasteiger partial charge in [0.1, 0.15) is 16.9 Å². The lowest BCUT2D eigenvalue weighted by Crippen LogP contribution is -2.56. The van der Waals surface area contributed by atoms with Crippen molar-refractivity contribution in [2.24, 2.45) is 7.05 Å². The molecule has 0 aliphatic carbocycles. The van der Waals surface area contributed by atoms with Crippen molar-refractivity contribution in [2.45, 2.75) is 11.4 Å². The van der Waals surface area contributed by atoms with Crippen molar-refractivity contribution in [3.63, 3.8) is 0 Å². The predicted octanol–water partition coefficient (Wildman–Crippen LogP) is 0.782. The first-order valence-corrected chi connectivity index (χ1v) is 8.10. The van der Waals surface area contributed by atoms with Crippen LogP contribution in [0, 0.1) is 0 Å². The Kier molecular flexibility index (Phi) is 2.64. The van der Waals surface area contributed by atoms with E-state index in [4.69, 9.17) is 5.11 Å². The van der Waals surface area contributed by atoms with Gasteiger partial charge in [-0.25, -0.2) is 9.48 Å². The van der Waals surface area contributed by atoms with E-state index in [0.29, 0.717) is 11.3 Å². The number of hydrogen-bond acceptors (Lipinski definition) is 6. The van der Waals surface area contributed by atoms with Gasteiger partial charge < -0.3 is 10.0 Å². The molecule has 2 aromatic rings. The smallest absolute Gasteiger partial charge is 0.327 e. The molecule has 0 spiro atoms. The van der Waals surface area contributed by atoms with Crippen LogP contribution >= 0.6 is 23.1 Å². The normalized spacial score (nSPS) is 26.4. The quantitative estimate of drug-likeness (QED) is 0.649. The fourth-order valence-corrected chi connectivity index (χ4v) is 4.95. The highest BCUT2D eigenvalue weighted by molar-refractivity contribution is 8.00. The van der Waals surface area contributed by atoms with E-state index in [0.717, 1.165) is 15.2 Å². The molecule has 0 saturated carbocycles. The molecule has 21 heavy (non-hydrogen) atoms. The number of rotatable bonds is 2. The molecule has 9 heteroatoms. The van der Waals surface area contributed by atoms with E-state index in [1.54, 1.807) is 4.68 Å². The minimum atomic E-state index is -0.936. The number of carbonyl (C=O) groups excluding carboxylic acids is 1. The van der Waals surface area contributed by atoms with Gasteiger partial charge in [-0.3, -0.25) is 4.79 Å². The zero-order valence-corrected chi connectivity index (χ0v) is 12.5. The summed E-state index contributed by atoms with van der Waals surface area (Å²) < 4.78 is 1.69. The molecule has 4 heterocycles. The number of carbonyl (C=O) groups is 2. The number of carboxylic acid groups (broad SMARTS) is 1. The molecule has 0 aromatic carbocycles. The summed E-state index contributed by atoms with van der Waals surface area (Å²) in [4.78, 5) is 26.4. The Hall–Kier alpha value is -1.87. The first-order chi connectivity index (χ1) is 10.1. The summed E-state index contributed by atoms with van der Waals surface area (Å²) in [7, 11) is 1.82. The summed E-state index contributed by atoms with van der Waals surface area (Å²) >= 11 is 2.97. The van der Waals surface area contributed by atoms with Crippen molar-refractivity contribution in [3.05, 3.63) is 16.5 Å². The van der Waals surface area contributed by atoms with E-state index < -0.39 is 12.0 Å². The SMILES string of the molecule is Cn1nnc2sc(C=C3C(=O)N4C(C(=O)O)CS[C@H]34)cc21. The predicted molar refractivity (Wildman–Crippen MR) is 78.9 cm³/mol. The van der Waals surface area contributed by atoms with Gasteiger partial charge in [-0.15, -0.1) is 28.2 Å². The Labute approximate surface area is 127 Å². The molecule has 4 rings (SSSR count). The standard InChI is InChI=1S/C12H10N4O3S2/c1-15-7-3-5(21-9(7)13-14-15)2-6-10(17)16-8(12(18)19)4-20-11(6)16/h2-3,8,11H,4H2,1H3,(H,18,19)/t8?,11-/m1/s1. The monoisotopic (exact) mass is 322 g/mol. The highest BCUT2D eigenvalue weighted by Crippen LogP contribution is 2.44. The van der Waals surface area contributed by atoms with Crippen LogP contribution in [0.5, 0.6) is 0 Å². The lowest BCUT2D eigenvalue weighted by atomic mass is 10.0. The van der Waals surface area contributed by atoms with Crippen LogP contribution in [0.1, 0.15) is 4.88 Å². The summed E-state index contributed by atoms with van der Waals surface area (Å²) in [6.07, 6.45) is 1.84. The van der Waals surface area contributed by atoms with Crippen molar-refractivity contribution in [2.75, 3.05) is 5.75 Å². The number of hydrogen-bond donors (Lipinski definition) is 1. The zero-order valence-electron chi connectivity index (χ0n) is 10.9. The lowest BCUT2D eigenvalue weighted by molar-refractivity contribution is -0.150. The van der Waals surface area contributed by atoms with E-state index >= 15 is 0 Å². The molecule has 1 N–H and O–H groups in total. The molecule has 2 aliphatic rings. The van der Waals surface area contributed by atoms with Gasteiger partial charge >= 0.3 is 5.97 Å². The Morgan fingerprint density at radius 3 is 3.10 bits per heavy atom. The number of aryl methyl sites for hydroxylation is 1. The van der Waals surface area contributed by atoms with E-state index in [1.165, 1.54) is 28.0 Å². The Morgan fingerprint density at radius 2 is 2.38 bits per heavy atom. The number of nitrogens with zero attached hydrogens (tertiary/aromatic N) is 4. The molecule has 1 unspecified atom stereocenters. The van der Waals surface area contributed by atoms with Crippen molar-refractivity contribution >= 4 is 51.4 Å². The highest BCUT2D eigenvalue weighted by atomic mass is 32.2. The number of fused-ring (bicyclic) bond motifs is 2. The third kappa shape index (κ3) is 1.74. The van der Waals surface area contributed by atoms with Crippen molar-refractivity contribution in [1.82, 2.24) is 19.9 Å². The average molecular weight is 322 g/mol. The van der Waals surface area contributed by atoms with Crippen LogP contribution in [0.3, 0.4) is 0 Å². The van der Waals surface area contributed by atoms with Gasteiger partial charge in [0, 0.05) is 17.7 Å². The third-order valence-corrected chi connectivity index (χ3v) is 5.92. The topological polar surface area (TPSA) is 88.3 Å². The second-order valence-corrected chi connectivity index (χ2v) is 7.08. The van der Waals surface area contributed by atoms with Crippen LogP contribution in [0.4, 0.5) is 0 Å². The summed E-state index contributed by atoms with van der Waals surface area (Å²) in [5, 5.41) is 16.9. The summed E-state index contributed by atoms with van der Waals surface area (Å²) in [5.41, 5.74) is 1.60. The molecule has 2 fully saturated rings. The maximum atomic E-state index is 12.1. The molecular formula is C12H10N4O3S2. The number of carboxylic acids is 1. The van der Waals surface area contributed by atoms with Gasteiger partial charge in [-0.2, -0.15) is 0 Å². The van der Waals surface area contributed by atoms with Crippen LogP contribution in [-0.2, 0) is 16.6 Å². The summed E-state index contributed by atoms with van der Waals surface area (Å²) in [6, 6.07) is 1.25. The first-order valence-electron chi connectivity index (χ1n) is 6.24. The first kappa shape index (κ1) is 12.8. The zero-order chi connectivity index (χ0) is 14.7. The second kappa shape index (κ2) is 4.31. The number of β-lactam (4-membered cyclic amide) rings is 1. The van der Waals surface area contributed by atoms with E-state index in [2.05, 4.69) is 10.3 Å². The van der Waals surface area contributed by atoms with Crippen LogP contribution in [0.2, 0.25) is 0 Å². The van der Waals surface area contributed by atoms with Gasteiger partial charge in [-0.1, -0.05) is 5.21 Å². The van der Waals surface area contributed by atoms with Crippen LogP contribution in [-0.4, -0.2) is 54.0 Å². The average Bonchev–Trinajstić information content (AvgIpc) is 3.10. The number of amides is 1. The number of thiophene rings is 1. The molecule has 2 saturated heterocycles. The largest absolute Gasteiger partial charge is 0.480 e. The minimum Gasteiger partial charge on any atom is -0.480 e. The van der Waals surface area contributed by atoms with Crippen LogP contribution in [0.15, 0.2) is 11.6 Å². The summed E-state index contributed by atoms with van der Waals surface area (Å²) in [6.45, 7) is 0. The molecule has 2 atom stereocenters. The fourth-order valence-electron chi connectivity index (χ4n) is 2.58. The molecule has 7 nitrogen and oxygen atoms in total. The highest BCUT2D eigenvalue weighted by Gasteiger charge is 2.53. The number of aliphatic carboxylic acids is 1. The Bertz CT molecular complexity index is 809. The maximum absolute atomic E-state index is 12.1. The minimum absolute atomic E-state index is 0.130. The van der Waals surface area contributed by atoms with E-state index in [-0.39, 0.29) is 11.3 Å². The van der Waals surface area contributed by atoms with Crippen molar-refractivity contribution in [1.29, 1.82) is 0 Å². The van der Waals surface area contributed by atoms with E-state index in [1.807, 2.05) is 19.2 Å². The third-order valence-electron chi connectivity index (χ3n) is 3.66. The Morgan fingerprint density at radius 1 is 1.57 bits per heavy atom. The number of aromatic nitrogens is 3. The van der Waals surface area contributed by atoms with Crippen molar-refractivity contribution < 1.29 is 14.7 Å². The lowest BCUT2D eigenvalue weighted by Gasteiger charge is -2.38. The fraction of sp³-hybridized carbons (Fsp3) is 0.333. The van der Waals surface area contributed by atoms with Gasteiger partial charge in [0.25, 0.3) is 5.91 Å². The molecule has 1 amide bonds. The molecule has 2 aromatic heterocycles. The van der Waals surface area contributed by atoms with Gasteiger partial charge in [0.15, 0.2) is 4.83 Å². The molecule has 0 bridgehead atoms. The van der Waals surface area contributed by atoms with Crippen LogP contribution in [0.25, 0.3) is 16.4 Å². The van der Waals surface area contributed by atoms with Crippen LogP contribution < -0.4 is 0 Å². The summed E-state index contributed by atoms with van der Waals surface area (Å²) in [5.74, 6) is -0.670. The number of thioether (sulfide) groups is 1. The molecular weight excluding hydrogens is 312 g/mol. The van der Waals surface area contributed by atoms with Gasteiger partial charge in [0.2, 0.25) is 0 Å². The van der Waals surface area contributed by atoms with E-state index in [9.17, 15) is 9.59 Å². The van der Waals surface area contributed by atoms with Gasteiger partial charge in [0.05, 0.1) is 5.57 Å². The molecule has 108 valence electrons. The second-order valence-electron chi connectivity index (χ2n) is 4.90. The maximum Gasteiger partial charge on any atom is 0.327 e. The molecule has 2 aliphatic heterocycles.